The van der Waals surface area contributed by atoms with Crippen LogP contribution in [0.4, 0.5) is 4.39 Å². The number of carbonyl (C=O) groups excluding carboxylic acids is 1. The van der Waals surface area contributed by atoms with E-state index in [0.717, 1.165) is 11.6 Å². The zero-order valence-corrected chi connectivity index (χ0v) is 15.3. The van der Waals surface area contributed by atoms with Gasteiger partial charge in [0.05, 0.1) is 11.1 Å². The zero-order valence-electron chi connectivity index (χ0n) is 14.5. The fourth-order valence-corrected chi connectivity index (χ4v) is 3.52. The van der Waals surface area contributed by atoms with Gasteiger partial charge in [-0.05, 0) is 48.7 Å². The van der Waals surface area contributed by atoms with Gasteiger partial charge >= 0.3 is 5.97 Å². The van der Waals surface area contributed by atoms with E-state index < -0.39 is 17.7 Å². The lowest BCUT2D eigenvalue weighted by molar-refractivity contribution is 0.0487. The molecule has 2 N–H and O–H groups in total. The highest BCUT2D eigenvalue weighted by molar-refractivity contribution is 6.30. The molecule has 3 rings (SSSR count). The Hall–Kier alpha value is -2.44. The van der Waals surface area contributed by atoms with Crippen molar-refractivity contribution in [2.75, 3.05) is 19.8 Å². The summed E-state index contributed by atoms with van der Waals surface area (Å²) in [5.74, 6) is -2.70. The summed E-state index contributed by atoms with van der Waals surface area (Å²) in [5, 5.41) is 12.3. The molecule has 0 saturated carbocycles. The lowest BCUT2D eigenvalue weighted by Crippen LogP contribution is -2.44. The van der Waals surface area contributed by atoms with Gasteiger partial charge in [0.1, 0.15) is 5.82 Å². The molecule has 1 heterocycles. The number of aromatic carboxylic acids is 1. The topological polar surface area (TPSA) is 75.6 Å². The molecule has 1 fully saturated rings. The average molecular weight is 392 g/mol. The summed E-state index contributed by atoms with van der Waals surface area (Å²) in [5.41, 5.74) is 0.258. The van der Waals surface area contributed by atoms with E-state index in [1.807, 2.05) is 18.2 Å². The van der Waals surface area contributed by atoms with Gasteiger partial charge in [0.2, 0.25) is 0 Å². The Morgan fingerprint density at radius 1 is 1.19 bits per heavy atom. The first-order valence-corrected chi connectivity index (χ1v) is 8.94. The number of hydrogen-bond donors (Lipinski definition) is 2. The van der Waals surface area contributed by atoms with Crippen LogP contribution < -0.4 is 5.32 Å². The minimum Gasteiger partial charge on any atom is -0.478 e. The van der Waals surface area contributed by atoms with Crippen LogP contribution in [-0.4, -0.2) is 36.7 Å². The lowest BCUT2D eigenvalue weighted by atomic mass is 9.74. The van der Waals surface area contributed by atoms with Gasteiger partial charge in [0.25, 0.3) is 5.91 Å². The van der Waals surface area contributed by atoms with Crippen molar-refractivity contribution in [1.82, 2.24) is 5.32 Å². The lowest BCUT2D eigenvalue weighted by Gasteiger charge is -2.38. The van der Waals surface area contributed by atoms with E-state index in [1.165, 1.54) is 12.1 Å². The monoisotopic (exact) mass is 391 g/mol. The summed E-state index contributed by atoms with van der Waals surface area (Å²) >= 11 is 6.13. The predicted molar refractivity (Wildman–Crippen MR) is 98.9 cm³/mol. The highest BCUT2D eigenvalue weighted by Gasteiger charge is 2.35. The van der Waals surface area contributed by atoms with Crippen LogP contribution in [0.15, 0.2) is 42.5 Å². The Bertz CT molecular complexity index is 865. The first-order chi connectivity index (χ1) is 12.9. The largest absolute Gasteiger partial charge is 0.478 e. The van der Waals surface area contributed by atoms with Gasteiger partial charge in [0.15, 0.2) is 0 Å². The molecule has 1 amide bonds. The van der Waals surface area contributed by atoms with Crippen LogP contribution in [0.2, 0.25) is 5.02 Å². The maximum atomic E-state index is 14.1. The van der Waals surface area contributed by atoms with Crippen molar-refractivity contribution < 1.29 is 23.8 Å². The zero-order chi connectivity index (χ0) is 19.4. The summed E-state index contributed by atoms with van der Waals surface area (Å²) < 4.78 is 19.6. The third-order valence-corrected chi connectivity index (χ3v) is 5.17. The summed E-state index contributed by atoms with van der Waals surface area (Å²) in [6.45, 7) is 1.42. The molecule has 1 aliphatic heterocycles. The SMILES string of the molecule is O=C(O)c1ccc(C(=O)NCC2(c3cccc(Cl)c3)CCOCC2)c(F)c1. The molecular formula is C20H19ClFNO4. The van der Waals surface area contributed by atoms with E-state index in [9.17, 15) is 14.0 Å². The van der Waals surface area contributed by atoms with Crippen LogP contribution in [0, 0.1) is 5.82 Å². The standard InChI is InChI=1S/C20H19ClFNO4/c21-15-3-1-2-14(11-15)20(6-8-27-9-7-20)12-23-18(24)16-5-4-13(19(25)26)10-17(16)22/h1-5,10-11H,6-9,12H2,(H,23,24)(H,25,26). The Kier molecular flexibility index (Phi) is 5.77. The van der Waals surface area contributed by atoms with Crippen LogP contribution in [0.1, 0.15) is 39.1 Å². The van der Waals surface area contributed by atoms with Crippen molar-refractivity contribution in [3.05, 3.63) is 70.0 Å². The molecule has 1 aliphatic rings. The molecule has 2 aromatic rings. The number of hydrogen-bond acceptors (Lipinski definition) is 3. The Balaban J connectivity index is 1.80. The fourth-order valence-electron chi connectivity index (χ4n) is 3.32. The molecule has 7 heteroatoms. The molecule has 142 valence electrons. The second kappa shape index (κ2) is 8.06. The molecule has 2 aromatic carbocycles. The van der Waals surface area contributed by atoms with E-state index in [0.29, 0.717) is 37.6 Å². The van der Waals surface area contributed by atoms with Crippen LogP contribution >= 0.6 is 11.6 Å². The number of carbonyl (C=O) groups is 2. The van der Waals surface area contributed by atoms with Crippen molar-refractivity contribution >= 4 is 23.5 Å². The third-order valence-electron chi connectivity index (χ3n) is 4.93. The number of carboxylic acid groups (broad SMARTS) is 1. The Labute approximate surface area is 161 Å². The molecule has 0 aliphatic carbocycles. The molecule has 0 bridgehead atoms. The molecule has 27 heavy (non-hydrogen) atoms. The van der Waals surface area contributed by atoms with Gasteiger partial charge in [-0.2, -0.15) is 0 Å². The molecule has 0 radical (unpaired) electrons. The second-order valence-corrected chi connectivity index (χ2v) is 7.02. The van der Waals surface area contributed by atoms with Crippen LogP contribution in [0.25, 0.3) is 0 Å². The van der Waals surface area contributed by atoms with Gasteiger partial charge in [-0.1, -0.05) is 23.7 Å². The minimum absolute atomic E-state index is 0.187. The Morgan fingerprint density at radius 2 is 1.93 bits per heavy atom. The van der Waals surface area contributed by atoms with Crippen molar-refractivity contribution in [3.63, 3.8) is 0 Å². The minimum atomic E-state index is -1.25. The highest BCUT2D eigenvalue weighted by Crippen LogP contribution is 2.35. The quantitative estimate of drug-likeness (QED) is 0.815. The molecule has 0 spiro atoms. The highest BCUT2D eigenvalue weighted by atomic mass is 35.5. The van der Waals surface area contributed by atoms with E-state index in [1.54, 1.807) is 6.07 Å². The van der Waals surface area contributed by atoms with Crippen molar-refractivity contribution in [2.24, 2.45) is 0 Å². The van der Waals surface area contributed by atoms with Crippen molar-refractivity contribution in [3.8, 4) is 0 Å². The van der Waals surface area contributed by atoms with Crippen LogP contribution in [-0.2, 0) is 10.2 Å². The number of amides is 1. The number of benzene rings is 2. The van der Waals surface area contributed by atoms with E-state index in [2.05, 4.69) is 5.32 Å². The van der Waals surface area contributed by atoms with E-state index in [4.69, 9.17) is 21.4 Å². The fraction of sp³-hybridized carbons (Fsp3) is 0.300. The van der Waals surface area contributed by atoms with Crippen molar-refractivity contribution in [1.29, 1.82) is 0 Å². The number of halogens is 2. The van der Waals surface area contributed by atoms with E-state index >= 15 is 0 Å². The first-order valence-electron chi connectivity index (χ1n) is 8.56. The van der Waals surface area contributed by atoms with Gasteiger partial charge in [-0.15, -0.1) is 0 Å². The van der Waals surface area contributed by atoms with Crippen LogP contribution in [0.5, 0.6) is 0 Å². The smallest absolute Gasteiger partial charge is 0.335 e. The summed E-state index contributed by atoms with van der Waals surface area (Å²) in [6, 6.07) is 10.7. The van der Waals surface area contributed by atoms with E-state index in [-0.39, 0.29) is 16.5 Å². The molecule has 1 saturated heterocycles. The normalized spacial score (nSPS) is 15.9. The molecule has 0 atom stereocenters. The summed E-state index contributed by atoms with van der Waals surface area (Å²) in [6.07, 6.45) is 1.40. The van der Waals surface area contributed by atoms with Gasteiger partial charge in [0, 0.05) is 30.2 Å². The molecular weight excluding hydrogens is 373 g/mol. The molecule has 0 unspecified atom stereocenters. The maximum absolute atomic E-state index is 14.1. The summed E-state index contributed by atoms with van der Waals surface area (Å²) in [4.78, 5) is 23.4. The number of rotatable bonds is 5. The number of ether oxygens (including phenoxy) is 1. The van der Waals surface area contributed by atoms with Gasteiger partial charge < -0.3 is 15.2 Å². The van der Waals surface area contributed by atoms with Gasteiger partial charge in [-0.3, -0.25) is 4.79 Å². The van der Waals surface area contributed by atoms with Crippen molar-refractivity contribution in [2.45, 2.75) is 18.3 Å². The molecule has 0 aromatic heterocycles. The third kappa shape index (κ3) is 4.28. The maximum Gasteiger partial charge on any atom is 0.335 e. The van der Waals surface area contributed by atoms with Gasteiger partial charge in [-0.25, -0.2) is 9.18 Å². The summed E-state index contributed by atoms with van der Waals surface area (Å²) in [7, 11) is 0. The average Bonchev–Trinajstić information content (AvgIpc) is 2.66. The first kappa shape index (κ1) is 19.3. The predicted octanol–water partition coefficient (Wildman–Crippen LogP) is 3.66. The second-order valence-electron chi connectivity index (χ2n) is 6.59. The number of nitrogens with one attached hydrogen (secondary N) is 1. The Morgan fingerprint density at radius 3 is 2.56 bits per heavy atom. The number of carboxylic acids is 1. The van der Waals surface area contributed by atoms with Crippen LogP contribution in [0.3, 0.4) is 0 Å². The molecule has 5 nitrogen and oxygen atoms in total.